The molecule has 0 spiro atoms. The lowest BCUT2D eigenvalue weighted by Crippen LogP contribution is -2.34. The van der Waals surface area contributed by atoms with Crippen molar-refractivity contribution in [1.82, 2.24) is 20.3 Å². The number of amides is 1. The van der Waals surface area contributed by atoms with Gasteiger partial charge in [-0.05, 0) is 84.0 Å². The lowest BCUT2D eigenvalue weighted by molar-refractivity contribution is 0.0979. The zero-order valence-corrected chi connectivity index (χ0v) is 20.2. The third-order valence-corrected chi connectivity index (χ3v) is 6.27. The number of carbonyl (C=O) groups excluding carboxylic acids is 1. The van der Waals surface area contributed by atoms with Crippen LogP contribution in [0.2, 0.25) is 0 Å². The fraction of sp³-hybridized carbons (Fsp3) is 0.0400. The Labute approximate surface area is 207 Å². The highest BCUT2D eigenvalue weighted by atomic mass is 79.9. The number of halogens is 2. The summed E-state index contributed by atoms with van der Waals surface area (Å²) in [4.78, 5) is 14.4. The molecule has 1 amide bonds. The lowest BCUT2D eigenvalue weighted by Gasteiger charge is -2.13. The Balaban J connectivity index is 1.37. The summed E-state index contributed by atoms with van der Waals surface area (Å²) >= 11 is 8.93. The van der Waals surface area contributed by atoms with E-state index in [1.807, 2.05) is 49.4 Å². The Kier molecular flexibility index (Phi) is 5.80. The molecule has 9 heteroatoms. The summed E-state index contributed by atoms with van der Waals surface area (Å²) in [6, 6.07) is 20.9. The number of nitrogens with one attached hydrogen (secondary N) is 2. The van der Waals surface area contributed by atoms with E-state index in [0.717, 1.165) is 20.8 Å². The molecule has 4 aromatic carbocycles. The van der Waals surface area contributed by atoms with E-state index in [1.54, 1.807) is 18.2 Å². The summed E-state index contributed by atoms with van der Waals surface area (Å²) in [5, 5.41) is 16.7. The first kappa shape index (κ1) is 22.1. The van der Waals surface area contributed by atoms with Gasteiger partial charge >= 0.3 is 0 Å². The van der Waals surface area contributed by atoms with Gasteiger partial charge in [0.2, 0.25) is 0 Å². The molecular formula is C25H17BrFN5OS. The van der Waals surface area contributed by atoms with Crippen molar-refractivity contribution in [3.8, 4) is 5.69 Å². The van der Waals surface area contributed by atoms with Crippen LogP contribution in [0.3, 0.4) is 0 Å². The molecule has 1 heterocycles. The average Bonchev–Trinajstić information content (AvgIpc) is 3.22. The van der Waals surface area contributed by atoms with Gasteiger partial charge < -0.3 is 5.32 Å². The summed E-state index contributed by atoms with van der Waals surface area (Å²) in [6.07, 6.45) is 0. The van der Waals surface area contributed by atoms with Crippen LogP contribution in [0.4, 0.5) is 10.1 Å². The van der Waals surface area contributed by atoms with Crippen molar-refractivity contribution in [3.63, 3.8) is 0 Å². The van der Waals surface area contributed by atoms with E-state index in [4.69, 9.17) is 12.2 Å². The maximum absolute atomic E-state index is 13.2. The third-order valence-electron chi connectivity index (χ3n) is 5.37. The normalized spacial score (nSPS) is 11.0. The van der Waals surface area contributed by atoms with E-state index < -0.39 is 0 Å². The summed E-state index contributed by atoms with van der Waals surface area (Å²) in [7, 11) is 0. The van der Waals surface area contributed by atoms with Crippen molar-refractivity contribution in [1.29, 1.82) is 0 Å². The predicted octanol–water partition coefficient (Wildman–Crippen LogP) is 5.91. The molecule has 2 N–H and O–H groups in total. The second-order valence-electron chi connectivity index (χ2n) is 7.67. The number of benzene rings is 4. The summed E-state index contributed by atoms with van der Waals surface area (Å²) < 4.78 is 14.1. The first-order valence-electron chi connectivity index (χ1n) is 10.3. The van der Waals surface area contributed by atoms with Crippen LogP contribution < -0.4 is 10.6 Å². The molecule has 0 atom stereocenters. The average molecular weight is 534 g/mol. The number of aromatic nitrogens is 3. The Hall–Kier alpha value is -3.69. The van der Waals surface area contributed by atoms with Crippen molar-refractivity contribution in [2.24, 2.45) is 0 Å². The highest BCUT2D eigenvalue weighted by molar-refractivity contribution is 9.10. The molecular weight excluding hydrogens is 517 g/mol. The Morgan fingerprint density at radius 1 is 0.971 bits per heavy atom. The van der Waals surface area contributed by atoms with Gasteiger partial charge in [0.25, 0.3) is 5.91 Å². The molecule has 0 radical (unpaired) electrons. The van der Waals surface area contributed by atoms with Crippen LogP contribution in [-0.4, -0.2) is 26.0 Å². The molecule has 0 aliphatic rings. The van der Waals surface area contributed by atoms with Crippen LogP contribution in [0.5, 0.6) is 0 Å². The van der Waals surface area contributed by atoms with E-state index in [0.29, 0.717) is 28.0 Å². The SMILES string of the molecule is Cc1cc2nn(-c3ccc(F)cc3)nc2cc1NC(=S)NC(=O)c1cccc2c(Br)cccc12. The molecule has 168 valence electrons. The van der Waals surface area contributed by atoms with E-state index in [-0.39, 0.29) is 16.8 Å². The Bertz CT molecular complexity index is 1580. The van der Waals surface area contributed by atoms with Crippen molar-refractivity contribution in [2.45, 2.75) is 6.92 Å². The van der Waals surface area contributed by atoms with Crippen molar-refractivity contribution < 1.29 is 9.18 Å². The topological polar surface area (TPSA) is 71.8 Å². The minimum Gasteiger partial charge on any atom is -0.332 e. The number of fused-ring (bicyclic) bond motifs is 2. The monoisotopic (exact) mass is 533 g/mol. The second-order valence-corrected chi connectivity index (χ2v) is 8.93. The van der Waals surface area contributed by atoms with E-state index in [1.165, 1.54) is 16.9 Å². The van der Waals surface area contributed by atoms with Crippen LogP contribution in [0.15, 0.2) is 77.3 Å². The smallest absolute Gasteiger partial charge is 0.258 e. The molecule has 6 nitrogen and oxygen atoms in total. The quantitative estimate of drug-likeness (QED) is 0.282. The number of thiocarbonyl (C=S) groups is 1. The zero-order chi connectivity index (χ0) is 23.8. The van der Waals surface area contributed by atoms with E-state index in [9.17, 15) is 9.18 Å². The number of rotatable bonds is 3. The maximum Gasteiger partial charge on any atom is 0.258 e. The number of hydrogen-bond donors (Lipinski definition) is 2. The number of nitrogens with zero attached hydrogens (tertiary/aromatic N) is 3. The zero-order valence-electron chi connectivity index (χ0n) is 17.8. The molecule has 0 saturated carbocycles. The fourth-order valence-electron chi connectivity index (χ4n) is 3.69. The molecule has 0 fully saturated rings. The largest absolute Gasteiger partial charge is 0.332 e. The first-order chi connectivity index (χ1) is 16.4. The van der Waals surface area contributed by atoms with Gasteiger partial charge in [-0.1, -0.05) is 40.2 Å². The van der Waals surface area contributed by atoms with Gasteiger partial charge in [0.1, 0.15) is 16.9 Å². The van der Waals surface area contributed by atoms with Crippen molar-refractivity contribution in [2.75, 3.05) is 5.32 Å². The van der Waals surface area contributed by atoms with Crippen LogP contribution in [0, 0.1) is 12.7 Å². The number of anilines is 1. The van der Waals surface area contributed by atoms with E-state index >= 15 is 0 Å². The van der Waals surface area contributed by atoms with Gasteiger partial charge in [0, 0.05) is 15.7 Å². The van der Waals surface area contributed by atoms with Crippen molar-refractivity contribution >= 4 is 66.7 Å². The molecule has 1 aromatic heterocycles. The Morgan fingerprint density at radius 2 is 1.65 bits per heavy atom. The highest BCUT2D eigenvalue weighted by Gasteiger charge is 2.14. The van der Waals surface area contributed by atoms with Gasteiger partial charge in [-0.25, -0.2) is 4.39 Å². The van der Waals surface area contributed by atoms with E-state index in [2.05, 4.69) is 36.8 Å². The van der Waals surface area contributed by atoms with Crippen LogP contribution in [-0.2, 0) is 0 Å². The summed E-state index contributed by atoms with van der Waals surface area (Å²) in [5.74, 6) is -0.628. The van der Waals surface area contributed by atoms with Crippen LogP contribution in [0.25, 0.3) is 27.5 Å². The standard InChI is InChI=1S/C25H17BrFN5OS/c1-14-12-22-23(31-32(30-22)16-10-8-15(27)9-11-16)13-21(14)28-25(34)29-24(33)19-6-2-5-18-17(19)4-3-7-20(18)26/h2-13H,1H3,(H2,28,29,33,34). The van der Waals surface area contributed by atoms with Gasteiger partial charge in [0.05, 0.1) is 5.69 Å². The third kappa shape index (κ3) is 4.27. The van der Waals surface area contributed by atoms with Gasteiger partial charge in [-0.2, -0.15) is 4.80 Å². The summed E-state index contributed by atoms with van der Waals surface area (Å²) in [5.41, 5.74) is 4.06. The molecule has 0 bridgehead atoms. The fourth-order valence-corrected chi connectivity index (χ4v) is 4.39. The number of aryl methyl sites for hydroxylation is 1. The van der Waals surface area contributed by atoms with Gasteiger partial charge in [0.15, 0.2) is 5.11 Å². The van der Waals surface area contributed by atoms with Gasteiger partial charge in [-0.15, -0.1) is 10.2 Å². The minimum absolute atomic E-state index is 0.172. The molecule has 0 saturated heterocycles. The number of carbonyl (C=O) groups is 1. The molecule has 0 aliphatic heterocycles. The molecule has 0 unspecified atom stereocenters. The first-order valence-corrected chi connectivity index (χ1v) is 11.5. The molecule has 34 heavy (non-hydrogen) atoms. The summed E-state index contributed by atoms with van der Waals surface area (Å²) in [6.45, 7) is 1.91. The molecule has 5 aromatic rings. The molecule has 5 rings (SSSR count). The minimum atomic E-state index is -0.325. The highest BCUT2D eigenvalue weighted by Crippen LogP contribution is 2.26. The second kappa shape index (κ2) is 8.92. The predicted molar refractivity (Wildman–Crippen MR) is 139 cm³/mol. The van der Waals surface area contributed by atoms with Gasteiger partial charge in [-0.3, -0.25) is 10.1 Å². The maximum atomic E-state index is 13.2. The number of hydrogen-bond acceptors (Lipinski definition) is 4. The lowest BCUT2D eigenvalue weighted by atomic mass is 10.0. The molecule has 0 aliphatic carbocycles. The Morgan fingerprint density at radius 3 is 2.41 bits per heavy atom. The van der Waals surface area contributed by atoms with Crippen LogP contribution in [0.1, 0.15) is 15.9 Å². The van der Waals surface area contributed by atoms with Crippen LogP contribution >= 0.6 is 28.1 Å². The van der Waals surface area contributed by atoms with Crippen molar-refractivity contribution in [3.05, 3.63) is 94.2 Å².